The molecule has 1 heterocycles. The highest BCUT2D eigenvalue weighted by atomic mass is 16.5. The summed E-state index contributed by atoms with van der Waals surface area (Å²) in [6, 6.07) is 11.6. The van der Waals surface area contributed by atoms with Gasteiger partial charge in [-0.3, -0.25) is 4.79 Å². The molecule has 3 aromatic rings. The van der Waals surface area contributed by atoms with Crippen molar-refractivity contribution in [2.24, 2.45) is 0 Å². The molecular weight excluding hydrogens is 416 g/mol. The first-order chi connectivity index (χ1) is 15.2. The smallest absolute Gasteiger partial charge is 0.202 e. The second-order valence-electron chi connectivity index (χ2n) is 7.62. The number of benzene rings is 3. The predicted octanol–water partition coefficient (Wildman–Crippen LogP) is 3.35. The number of hydrogen-bond donors (Lipinski definition) is 5. The van der Waals surface area contributed by atoms with E-state index < -0.39 is 29.7 Å². The van der Waals surface area contributed by atoms with Gasteiger partial charge in [-0.1, -0.05) is 25.1 Å². The van der Waals surface area contributed by atoms with E-state index in [2.05, 4.69) is 0 Å². The van der Waals surface area contributed by atoms with Gasteiger partial charge < -0.3 is 35.0 Å². The second-order valence-corrected chi connectivity index (χ2v) is 7.62. The number of rotatable bonds is 4. The summed E-state index contributed by atoms with van der Waals surface area (Å²) in [5.74, 6) is -1.93. The minimum Gasteiger partial charge on any atom is -0.508 e. The van der Waals surface area contributed by atoms with Crippen molar-refractivity contribution in [3.63, 3.8) is 0 Å². The van der Waals surface area contributed by atoms with Crippen molar-refractivity contribution in [3.8, 4) is 34.5 Å². The topological polar surface area (TPSA) is 137 Å². The van der Waals surface area contributed by atoms with Crippen LogP contribution in [0.15, 0.2) is 48.5 Å². The van der Waals surface area contributed by atoms with Gasteiger partial charge in [0.15, 0.2) is 23.7 Å². The maximum atomic E-state index is 13.0. The van der Waals surface area contributed by atoms with Gasteiger partial charge in [-0.15, -0.1) is 0 Å². The Morgan fingerprint density at radius 1 is 0.969 bits per heavy atom. The molecule has 0 aliphatic carbocycles. The highest BCUT2D eigenvalue weighted by Gasteiger charge is 2.41. The number of aliphatic hydroxyl groups is 1. The Labute approximate surface area is 183 Å². The quantitative estimate of drug-likeness (QED) is 0.391. The number of carbonyl (C=O) groups excluding carboxylic acids is 1. The van der Waals surface area contributed by atoms with Crippen molar-refractivity contribution >= 4 is 5.78 Å². The Kier molecular flexibility index (Phi) is 5.31. The molecule has 0 amide bonds. The predicted molar refractivity (Wildman–Crippen MR) is 114 cm³/mol. The fourth-order valence-electron chi connectivity index (χ4n) is 3.93. The van der Waals surface area contributed by atoms with Crippen LogP contribution in [-0.2, 0) is 0 Å². The van der Waals surface area contributed by atoms with Gasteiger partial charge in [0, 0.05) is 17.5 Å². The lowest BCUT2D eigenvalue weighted by Crippen LogP contribution is -2.36. The van der Waals surface area contributed by atoms with Crippen molar-refractivity contribution in [2.75, 3.05) is 7.11 Å². The molecule has 8 nitrogen and oxygen atoms in total. The number of fused-ring (bicyclic) bond motifs is 1. The van der Waals surface area contributed by atoms with Crippen LogP contribution in [0.2, 0.25) is 0 Å². The molecule has 4 rings (SSSR count). The van der Waals surface area contributed by atoms with Crippen LogP contribution in [0.3, 0.4) is 0 Å². The van der Waals surface area contributed by atoms with E-state index in [0.29, 0.717) is 11.1 Å². The molecule has 8 heteroatoms. The van der Waals surface area contributed by atoms with Gasteiger partial charge in [0.2, 0.25) is 5.78 Å². The fourth-order valence-corrected chi connectivity index (χ4v) is 3.93. The van der Waals surface area contributed by atoms with Gasteiger partial charge in [0.1, 0.15) is 28.6 Å². The highest BCUT2D eigenvalue weighted by molar-refractivity contribution is 6.06. The maximum absolute atomic E-state index is 13.0. The molecule has 0 spiro atoms. The number of methoxy groups -OCH3 is 1. The molecule has 32 heavy (non-hydrogen) atoms. The van der Waals surface area contributed by atoms with E-state index in [9.17, 15) is 30.3 Å². The van der Waals surface area contributed by atoms with Crippen molar-refractivity contribution < 1.29 is 39.8 Å². The first-order valence-electron chi connectivity index (χ1n) is 9.86. The van der Waals surface area contributed by atoms with E-state index in [4.69, 9.17) is 9.47 Å². The summed E-state index contributed by atoms with van der Waals surface area (Å²) >= 11 is 0. The first kappa shape index (κ1) is 21.3. The third kappa shape index (κ3) is 3.44. The normalized spacial score (nSPS) is 18.5. The Morgan fingerprint density at radius 3 is 2.28 bits per heavy atom. The molecule has 0 bridgehead atoms. The van der Waals surface area contributed by atoms with Crippen LogP contribution >= 0.6 is 0 Å². The number of aliphatic hydroxyl groups excluding tert-OH is 1. The number of Topliss-reactive ketones (excluding diaryl/α,β-unsaturated/α-hetero) is 1. The largest absolute Gasteiger partial charge is 0.508 e. The van der Waals surface area contributed by atoms with Gasteiger partial charge in [-0.2, -0.15) is 0 Å². The summed E-state index contributed by atoms with van der Waals surface area (Å²) in [6.07, 6.45) is -2.61. The monoisotopic (exact) mass is 438 g/mol. The molecule has 0 saturated heterocycles. The van der Waals surface area contributed by atoms with Crippen LogP contribution in [-0.4, -0.2) is 44.5 Å². The van der Waals surface area contributed by atoms with E-state index >= 15 is 0 Å². The Balaban J connectivity index is 1.81. The lowest BCUT2D eigenvalue weighted by Gasteiger charge is -2.32. The third-order valence-electron chi connectivity index (χ3n) is 5.70. The number of phenols is 4. The SMILES string of the molecule is COc1cc2c(c(O)c1C(C)c1ccc(O)c(O)c1)C(=O)C(O)C(c1ccc(O)cc1)O2. The molecule has 1 aliphatic heterocycles. The molecule has 3 unspecified atom stereocenters. The molecule has 3 atom stereocenters. The van der Waals surface area contributed by atoms with E-state index in [1.165, 1.54) is 49.6 Å². The van der Waals surface area contributed by atoms with E-state index in [1.807, 2.05) is 0 Å². The number of ether oxygens (including phenoxy) is 2. The molecule has 5 N–H and O–H groups in total. The summed E-state index contributed by atoms with van der Waals surface area (Å²) in [4.78, 5) is 13.0. The van der Waals surface area contributed by atoms with Crippen LogP contribution in [0.1, 0.15) is 46.0 Å². The van der Waals surface area contributed by atoms with Crippen LogP contribution in [0.5, 0.6) is 34.5 Å². The van der Waals surface area contributed by atoms with E-state index in [1.54, 1.807) is 13.0 Å². The van der Waals surface area contributed by atoms with Gasteiger partial charge >= 0.3 is 0 Å². The standard InChI is InChI=1S/C24H22O8/c1-11(13-5-8-15(26)16(27)9-13)19-17(31-2)10-18-20(21(19)28)22(29)23(30)24(32-18)12-3-6-14(25)7-4-12/h3-11,23-28,30H,1-2H3. The molecule has 3 aromatic carbocycles. The zero-order valence-electron chi connectivity index (χ0n) is 17.3. The lowest BCUT2D eigenvalue weighted by molar-refractivity contribution is 0.0210. The molecule has 0 radical (unpaired) electrons. The molecule has 1 aliphatic rings. The summed E-state index contributed by atoms with van der Waals surface area (Å²) in [6.45, 7) is 1.74. The van der Waals surface area contributed by atoms with Crippen LogP contribution < -0.4 is 9.47 Å². The average molecular weight is 438 g/mol. The number of phenolic OH excluding ortho intramolecular Hbond substituents is 4. The third-order valence-corrected chi connectivity index (χ3v) is 5.70. The summed E-state index contributed by atoms with van der Waals surface area (Å²) in [7, 11) is 1.41. The van der Waals surface area contributed by atoms with Gasteiger partial charge in [0.25, 0.3) is 0 Å². The summed E-state index contributed by atoms with van der Waals surface area (Å²) in [5.41, 5.74) is 1.13. The van der Waals surface area contributed by atoms with Gasteiger partial charge in [-0.05, 0) is 35.4 Å². The summed E-state index contributed by atoms with van der Waals surface area (Å²) < 4.78 is 11.3. The number of hydrogen-bond acceptors (Lipinski definition) is 8. The zero-order valence-corrected chi connectivity index (χ0v) is 17.3. The number of ketones is 1. The molecular formula is C24H22O8. The van der Waals surface area contributed by atoms with Gasteiger partial charge in [-0.25, -0.2) is 0 Å². The van der Waals surface area contributed by atoms with Crippen molar-refractivity contribution in [3.05, 3.63) is 70.8 Å². The number of carbonyl (C=O) groups is 1. The lowest BCUT2D eigenvalue weighted by atomic mass is 9.86. The van der Waals surface area contributed by atoms with E-state index in [-0.39, 0.29) is 39.9 Å². The van der Waals surface area contributed by atoms with Crippen molar-refractivity contribution in [1.82, 2.24) is 0 Å². The van der Waals surface area contributed by atoms with Crippen LogP contribution in [0.4, 0.5) is 0 Å². The van der Waals surface area contributed by atoms with Gasteiger partial charge in [0.05, 0.1) is 7.11 Å². The van der Waals surface area contributed by atoms with Crippen LogP contribution in [0.25, 0.3) is 0 Å². The van der Waals surface area contributed by atoms with Crippen molar-refractivity contribution in [2.45, 2.75) is 25.0 Å². The molecule has 166 valence electrons. The Bertz CT molecular complexity index is 1190. The molecule has 0 fully saturated rings. The second kappa shape index (κ2) is 7.97. The zero-order chi connectivity index (χ0) is 23.2. The molecule has 0 saturated carbocycles. The van der Waals surface area contributed by atoms with Crippen molar-refractivity contribution in [1.29, 1.82) is 0 Å². The minimum atomic E-state index is -1.58. The average Bonchev–Trinajstić information content (AvgIpc) is 2.77. The highest BCUT2D eigenvalue weighted by Crippen LogP contribution is 2.49. The van der Waals surface area contributed by atoms with E-state index in [0.717, 1.165) is 0 Å². The Hall–Kier alpha value is -3.91. The fraction of sp³-hybridized carbons (Fsp3) is 0.208. The van der Waals surface area contributed by atoms with Crippen LogP contribution in [0, 0.1) is 0 Å². The Morgan fingerprint density at radius 2 is 1.66 bits per heavy atom. The first-order valence-corrected chi connectivity index (χ1v) is 9.86. The number of aromatic hydroxyl groups is 4. The molecule has 0 aromatic heterocycles. The minimum absolute atomic E-state index is 0.0315. The maximum Gasteiger partial charge on any atom is 0.202 e. The summed E-state index contributed by atoms with van der Waals surface area (Å²) in [5, 5.41) is 50.6.